The fourth-order valence-electron chi connectivity index (χ4n) is 12.1. The second-order valence-electron chi connectivity index (χ2n) is 18.1. The van der Waals surface area contributed by atoms with E-state index in [1.807, 2.05) is 13.8 Å². The minimum absolute atomic E-state index is 0.0337. The monoisotopic (exact) mass is 758 g/mol. The summed E-state index contributed by atoms with van der Waals surface area (Å²) in [6.07, 6.45) is -8.15. The Kier molecular flexibility index (Phi) is 12.5. The summed E-state index contributed by atoms with van der Waals surface area (Å²) in [6.45, 7) is 12.4. The van der Waals surface area contributed by atoms with Crippen LogP contribution in [0.5, 0.6) is 0 Å². The van der Waals surface area contributed by atoms with Crippen molar-refractivity contribution in [1.82, 2.24) is 0 Å². The third-order valence-corrected chi connectivity index (χ3v) is 15.1. The van der Waals surface area contributed by atoms with Crippen LogP contribution in [0.2, 0.25) is 0 Å². The van der Waals surface area contributed by atoms with Gasteiger partial charge in [0, 0.05) is 31.3 Å². The topological polar surface area (TPSA) is 228 Å². The van der Waals surface area contributed by atoms with Gasteiger partial charge in [-0.15, -0.1) is 0 Å². The summed E-state index contributed by atoms with van der Waals surface area (Å²) >= 11 is 0. The zero-order chi connectivity index (χ0) is 38.8. The highest BCUT2D eigenvalue weighted by atomic mass is 16.8. The largest absolute Gasteiger partial charge is 0.394 e. The second kappa shape index (κ2) is 15.8. The van der Waals surface area contributed by atoms with Crippen molar-refractivity contribution < 1.29 is 69.6 Å². The van der Waals surface area contributed by atoms with Gasteiger partial charge in [-0.2, -0.15) is 0 Å². The smallest absolute Gasteiger partial charge is 0.187 e. The fraction of sp³-hybridized carbons (Fsp3) is 0.949. The Balaban J connectivity index is 1.05. The van der Waals surface area contributed by atoms with Crippen LogP contribution in [0.25, 0.3) is 0 Å². The minimum atomic E-state index is -1.45. The molecule has 2 aliphatic heterocycles. The van der Waals surface area contributed by atoms with Crippen molar-refractivity contribution in [2.45, 2.75) is 158 Å². The van der Waals surface area contributed by atoms with Gasteiger partial charge in [-0.1, -0.05) is 39.8 Å². The lowest BCUT2D eigenvalue weighted by Crippen LogP contribution is -2.70. The molecule has 0 spiro atoms. The van der Waals surface area contributed by atoms with Gasteiger partial charge in [0.25, 0.3) is 0 Å². The number of ether oxygens (including phenoxy) is 5. The first-order valence-corrected chi connectivity index (χ1v) is 19.8. The van der Waals surface area contributed by atoms with Crippen molar-refractivity contribution in [3.63, 3.8) is 0 Å². The molecule has 14 unspecified atom stereocenters. The third kappa shape index (κ3) is 7.19. The molecule has 21 atom stereocenters. The Bertz CT molecular complexity index is 1270. The Morgan fingerprint density at radius 2 is 1.58 bits per heavy atom. The molecule has 6 fully saturated rings. The molecule has 14 heteroatoms. The van der Waals surface area contributed by atoms with E-state index in [9.17, 15) is 46.0 Å². The molecule has 306 valence electrons. The van der Waals surface area contributed by atoms with Crippen molar-refractivity contribution in [2.75, 3.05) is 26.9 Å². The summed E-state index contributed by atoms with van der Waals surface area (Å²) in [5.74, 6) is -0.941. The normalized spacial score (nSPS) is 52.3. The summed E-state index contributed by atoms with van der Waals surface area (Å²) in [5, 5.41) is 98.6. The lowest BCUT2D eigenvalue weighted by molar-refractivity contribution is -0.305. The van der Waals surface area contributed by atoms with Crippen LogP contribution >= 0.6 is 0 Å². The van der Waals surface area contributed by atoms with E-state index in [2.05, 4.69) is 20.4 Å². The number of aliphatic hydroxyl groups is 9. The molecule has 0 bridgehead atoms. The van der Waals surface area contributed by atoms with Crippen LogP contribution < -0.4 is 0 Å². The average molecular weight is 759 g/mol. The number of aliphatic hydroxyl groups excluding tert-OH is 8. The van der Waals surface area contributed by atoms with E-state index in [0.717, 1.165) is 24.8 Å². The van der Waals surface area contributed by atoms with Gasteiger partial charge in [0.05, 0.1) is 49.8 Å². The quantitative estimate of drug-likeness (QED) is 0.121. The molecule has 2 heterocycles. The molecule has 6 aliphatic rings. The first kappa shape index (κ1) is 41.8. The van der Waals surface area contributed by atoms with Gasteiger partial charge < -0.3 is 69.6 Å². The van der Waals surface area contributed by atoms with E-state index in [4.69, 9.17) is 23.7 Å². The number of fused-ring (bicyclic) bond motifs is 5. The molecule has 0 aromatic carbocycles. The Morgan fingerprint density at radius 1 is 0.887 bits per heavy atom. The molecule has 9 N–H and O–H groups in total. The number of hydrogen-bond donors (Lipinski definition) is 9. The zero-order valence-electron chi connectivity index (χ0n) is 31.9. The van der Waals surface area contributed by atoms with Crippen LogP contribution in [0.1, 0.15) is 79.1 Å². The first-order chi connectivity index (χ1) is 24.9. The van der Waals surface area contributed by atoms with E-state index in [-0.39, 0.29) is 48.7 Å². The van der Waals surface area contributed by atoms with Crippen LogP contribution in [0.15, 0.2) is 12.2 Å². The highest BCUT2D eigenvalue weighted by molar-refractivity contribution is 5.21. The molecule has 6 rings (SSSR count). The lowest BCUT2D eigenvalue weighted by atomic mass is 9.41. The first-order valence-electron chi connectivity index (χ1n) is 19.8. The number of methoxy groups -OCH3 is 1. The molecule has 0 amide bonds. The predicted molar refractivity (Wildman–Crippen MR) is 189 cm³/mol. The molecular weight excluding hydrogens is 692 g/mol. The minimum Gasteiger partial charge on any atom is -0.394 e. The molecule has 2 saturated heterocycles. The Hall–Kier alpha value is -0.820. The summed E-state index contributed by atoms with van der Waals surface area (Å²) in [6, 6.07) is 0. The molecule has 4 saturated carbocycles. The number of hydrogen-bond acceptors (Lipinski definition) is 14. The van der Waals surface area contributed by atoms with Crippen molar-refractivity contribution >= 4 is 0 Å². The van der Waals surface area contributed by atoms with Crippen LogP contribution in [-0.2, 0) is 23.7 Å². The SMILES string of the molecule is C=C(CCC(C)[C@H]1C[C@@H](O)C2[C@]3(O)CC(O)C4[C@@H](O)[C@@H](O)CC[C@]4(C)C3CC[C@@]21C)C(C)COC1OC(CO)C(O)C1OC1OCC(OC)C(O)C1O. The highest BCUT2D eigenvalue weighted by Gasteiger charge is 2.71. The van der Waals surface area contributed by atoms with Crippen LogP contribution in [0.4, 0.5) is 0 Å². The Labute approximate surface area is 313 Å². The van der Waals surface area contributed by atoms with Gasteiger partial charge in [0.1, 0.15) is 36.6 Å². The predicted octanol–water partition coefficient (Wildman–Crippen LogP) is 0.215. The molecule has 0 aromatic rings. The number of rotatable bonds is 12. The highest BCUT2D eigenvalue weighted by Crippen LogP contribution is 2.70. The fourth-order valence-corrected chi connectivity index (χ4v) is 12.1. The average Bonchev–Trinajstić information content (AvgIpc) is 3.57. The lowest BCUT2D eigenvalue weighted by Gasteiger charge is -2.66. The van der Waals surface area contributed by atoms with E-state index in [1.165, 1.54) is 7.11 Å². The maximum absolute atomic E-state index is 12.6. The standard InChI is InChI=1S/C39H66O14/c1-18(20(3)16-50-36-33(31(46)25(15-40)52-36)53-35-32(47)30(45)26(49-6)17-51-35)7-8-19(2)21-13-23(42)34-37(21,4)12-10-27-38(5)11-9-22(41)29(44)28(38)24(43)14-39(27,34)48/h19-36,40-48H,1,7-17H2,2-6H3/t19?,20?,21-,22+,23-,24?,25?,26?,27?,28?,29+,30?,31?,32?,33?,34?,35?,36?,37-,38-,39+/m1/s1. The Morgan fingerprint density at radius 3 is 2.26 bits per heavy atom. The zero-order valence-corrected chi connectivity index (χ0v) is 31.9. The van der Waals surface area contributed by atoms with Gasteiger partial charge in [-0.25, -0.2) is 0 Å². The van der Waals surface area contributed by atoms with Crippen molar-refractivity contribution in [3.8, 4) is 0 Å². The van der Waals surface area contributed by atoms with E-state index < -0.39 is 103 Å². The van der Waals surface area contributed by atoms with E-state index in [0.29, 0.717) is 25.7 Å². The molecule has 0 radical (unpaired) electrons. The van der Waals surface area contributed by atoms with Gasteiger partial charge in [-0.3, -0.25) is 0 Å². The van der Waals surface area contributed by atoms with Crippen LogP contribution in [0, 0.1) is 46.3 Å². The molecule has 53 heavy (non-hydrogen) atoms. The maximum Gasteiger partial charge on any atom is 0.187 e. The van der Waals surface area contributed by atoms with E-state index in [1.54, 1.807) is 0 Å². The molecular formula is C39H66O14. The van der Waals surface area contributed by atoms with Gasteiger partial charge in [0.2, 0.25) is 0 Å². The van der Waals surface area contributed by atoms with Gasteiger partial charge in [0.15, 0.2) is 12.6 Å². The van der Waals surface area contributed by atoms with Crippen molar-refractivity contribution in [1.29, 1.82) is 0 Å². The van der Waals surface area contributed by atoms with Crippen LogP contribution in [0.3, 0.4) is 0 Å². The third-order valence-electron chi connectivity index (χ3n) is 15.1. The summed E-state index contributed by atoms with van der Waals surface area (Å²) in [5.41, 5.74) is -1.26. The molecule has 0 aromatic heterocycles. The second-order valence-corrected chi connectivity index (χ2v) is 18.1. The van der Waals surface area contributed by atoms with Gasteiger partial charge in [-0.05, 0) is 73.5 Å². The van der Waals surface area contributed by atoms with Gasteiger partial charge >= 0.3 is 0 Å². The van der Waals surface area contributed by atoms with Crippen LogP contribution in [-0.4, -0.2) is 152 Å². The summed E-state index contributed by atoms with van der Waals surface area (Å²) in [7, 11) is 1.39. The van der Waals surface area contributed by atoms with E-state index >= 15 is 0 Å². The molecule has 4 aliphatic carbocycles. The maximum atomic E-state index is 12.6. The summed E-state index contributed by atoms with van der Waals surface area (Å²) in [4.78, 5) is 0. The summed E-state index contributed by atoms with van der Waals surface area (Å²) < 4.78 is 28.4. The molecule has 14 nitrogen and oxygen atoms in total. The van der Waals surface area contributed by atoms with Crippen molar-refractivity contribution in [2.24, 2.45) is 46.3 Å². The van der Waals surface area contributed by atoms with Crippen molar-refractivity contribution in [3.05, 3.63) is 12.2 Å².